The minimum atomic E-state index is -1.09. The molecule has 0 atom stereocenters. The van der Waals surface area contributed by atoms with Crippen LogP contribution in [0.2, 0.25) is 0 Å². The molecule has 0 spiro atoms. The average molecular weight is 1440 g/mol. The number of ether oxygens (including phenoxy) is 10. The van der Waals surface area contributed by atoms with Crippen molar-refractivity contribution >= 4 is 48.4 Å². The summed E-state index contributed by atoms with van der Waals surface area (Å²) in [4.78, 5) is 70.9. The van der Waals surface area contributed by atoms with Crippen molar-refractivity contribution < 1.29 is 107 Å². The molecule has 0 amide bonds. The van der Waals surface area contributed by atoms with Crippen LogP contribution in [0.15, 0.2) is 241 Å². The van der Waals surface area contributed by atoms with Gasteiger partial charge in [-0.2, -0.15) is 0 Å². The van der Waals surface area contributed by atoms with E-state index in [4.69, 9.17) is 47.4 Å². The van der Waals surface area contributed by atoms with E-state index in [0.29, 0.717) is 101 Å². The zero-order chi connectivity index (χ0) is 73.8. The Hall–Kier alpha value is -13.4. The average Bonchev–Trinajstić information content (AvgIpc) is 0.809. The molecule has 11 rings (SSSR count). The van der Waals surface area contributed by atoms with Gasteiger partial charge in [-0.25, -0.2) is 28.8 Å². The second-order valence-corrected chi connectivity index (χ2v) is 24.3. The number of rotatable bonds is 36. The first-order chi connectivity index (χ1) is 50.7. The Morgan fingerprint density at radius 1 is 0.210 bits per heavy atom. The number of carboxylic acids is 6. The van der Waals surface area contributed by atoms with Crippen LogP contribution in [0.4, 0.5) is 0 Å². The molecule has 0 aliphatic heterocycles. The van der Waals surface area contributed by atoms with Crippen LogP contribution in [-0.2, 0) is 66.1 Å². The van der Waals surface area contributed by atoms with Crippen molar-refractivity contribution in [3.8, 4) is 57.5 Å². The molecular formula is C82H66O22S. The fourth-order valence-electron chi connectivity index (χ4n) is 10.4. The molecule has 0 radical (unpaired) electrons. The molecule has 0 aliphatic carbocycles. The SMILES string of the molecule is O=C(O)c1ccc(COc2cc(COc3cc(COc4ccc(S)cc4)cc(OCc4cc(OCc5ccc(C(=O)O)cc5)cc(OCc5ccc(C(=O)O)cc5)c4)c3OCc3cc(OCc4ccc(C(=O)O)cc4)cc(OCc4ccc(C(=O)O)cc4)c3)cc(OCc3ccc(C(=O)O)cc3)c2)cc1. The van der Waals surface area contributed by atoms with E-state index in [1.165, 1.54) is 72.8 Å². The first kappa shape index (κ1) is 72.8. The van der Waals surface area contributed by atoms with Gasteiger partial charge in [-0.3, -0.25) is 0 Å². The fraction of sp³-hybridized carbons (Fsp3) is 0.122. The molecule has 0 fully saturated rings. The largest absolute Gasteiger partial charge is 0.489 e. The Morgan fingerprint density at radius 3 is 0.629 bits per heavy atom. The predicted octanol–water partition coefficient (Wildman–Crippen LogP) is 16.0. The third-order valence-electron chi connectivity index (χ3n) is 16.0. The monoisotopic (exact) mass is 1430 g/mol. The topological polar surface area (TPSA) is 316 Å². The number of hydrogen-bond acceptors (Lipinski definition) is 17. The quantitative estimate of drug-likeness (QED) is 0.0179. The summed E-state index contributed by atoms with van der Waals surface area (Å²) in [5.41, 5.74) is 6.75. The summed E-state index contributed by atoms with van der Waals surface area (Å²) in [6.07, 6.45) is 0. The van der Waals surface area contributed by atoms with E-state index in [-0.39, 0.29) is 117 Å². The maximum absolute atomic E-state index is 11.7. The summed E-state index contributed by atoms with van der Waals surface area (Å²) in [7, 11) is 0. The van der Waals surface area contributed by atoms with Crippen molar-refractivity contribution in [1.82, 2.24) is 0 Å². The highest BCUT2D eigenvalue weighted by Crippen LogP contribution is 2.42. The number of benzene rings is 11. The summed E-state index contributed by atoms with van der Waals surface area (Å²) in [6, 6.07) is 63.4. The first-order valence-corrected chi connectivity index (χ1v) is 32.8. The van der Waals surface area contributed by atoms with E-state index in [1.54, 1.807) is 164 Å². The summed E-state index contributed by atoms with van der Waals surface area (Å²) < 4.78 is 65.1. The molecule has 22 nitrogen and oxygen atoms in total. The minimum Gasteiger partial charge on any atom is -0.489 e. The van der Waals surface area contributed by atoms with Gasteiger partial charge in [0.05, 0.1) is 33.4 Å². The number of carbonyl (C=O) groups is 6. The number of hydrogen-bond donors (Lipinski definition) is 7. The molecule has 0 saturated carbocycles. The van der Waals surface area contributed by atoms with Gasteiger partial charge in [-0.15, -0.1) is 12.6 Å². The standard InChI is InChI=1S/C82H66O22S/c83-77(84)60-13-1-50(2-14-60)40-96-67-29-56(30-68(37-67)97-41-51-3-15-61(16-4-51)78(85)86)47-102-74-35-59(46-95-66-25-27-73(105)28-26-66)36-75(103-48-57-31-69(98-42-52-5-17-62(18-6-52)79(87)88)38-70(32-57)99-43-53-7-19-63(20-8-53)80(89)90)76(74)104-49-58-33-71(100-44-54-9-21-64(22-10-54)81(91)92)39-72(34-58)101-45-55-11-23-65(24-12-55)82(93)94/h1-39,105H,40-49H2,(H,83,84)(H,85,86)(H,87,88)(H,89,90)(H,91,92)(H,93,94). The van der Waals surface area contributed by atoms with Crippen molar-refractivity contribution in [1.29, 1.82) is 0 Å². The summed E-state index contributed by atoms with van der Waals surface area (Å²) in [5, 5.41) is 57.4. The van der Waals surface area contributed by atoms with E-state index in [0.717, 1.165) is 0 Å². The van der Waals surface area contributed by atoms with E-state index < -0.39 is 35.8 Å². The van der Waals surface area contributed by atoms with Gasteiger partial charge in [0, 0.05) is 23.1 Å². The Labute approximate surface area is 606 Å². The lowest BCUT2D eigenvalue weighted by molar-refractivity contribution is 0.0686. The second kappa shape index (κ2) is 34.8. The van der Waals surface area contributed by atoms with Gasteiger partial charge in [0.15, 0.2) is 11.5 Å². The maximum Gasteiger partial charge on any atom is 0.335 e. The summed E-state index contributed by atoms with van der Waals surface area (Å²) in [5.74, 6) is -3.50. The van der Waals surface area contributed by atoms with Crippen molar-refractivity contribution in [2.24, 2.45) is 0 Å². The van der Waals surface area contributed by atoms with Crippen LogP contribution in [0.1, 0.15) is 118 Å². The van der Waals surface area contributed by atoms with Crippen molar-refractivity contribution in [3.63, 3.8) is 0 Å². The Morgan fingerprint density at radius 2 is 0.400 bits per heavy atom. The van der Waals surface area contributed by atoms with Crippen LogP contribution in [0.5, 0.6) is 57.5 Å². The lowest BCUT2D eigenvalue weighted by Gasteiger charge is -2.20. The molecular weight excluding hydrogens is 1370 g/mol. The van der Waals surface area contributed by atoms with Gasteiger partial charge in [0.2, 0.25) is 5.75 Å². The molecule has 23 heteroatoms. The molecule has 0 aromatic heterocycles. The van der Waals surface area contributed by atoms with Crippen LogP contribution >= 0.6 is 12.6 Å². The Bertz CT molecular complexity index is 4460. The van der Waals surface area contributed by atoms with Crippen LogP contribution in [0.25, 0.3) is 0 Å². The first-order valence-electron chi connectivity index (χ1n) is 32.4. The predicted molar refractivity (Wildman–Crippen MR) is 383 cm³/mol. The van der Waals surface area contributed by atoms with E-state index in [2.05, 4.69) is 12.6 Å². The zero-order valence-corrected chi connectivity index (χ0v) is 56.6. The van der Waals surface area contributed by atoms with Gasteiger partial charge in [0.1, 0.15) is 106 Å². The molecule has 11 aromatic rings. The van der Waals surface area contributed by atoms with Crippen LogP contribution in [0.3, 0.4) is 0 Å². The van der Waals surface area contributed by atoms with Gasteiger partial charge in [0.25, 0.3) is 0 Å². The second-order valence-electron chi connectivity index (χ2n) is 23.8. The Balaban J connectivity index is 0.973. The summed E-state index contributed by atoms with van der Waals surface area (Å²) >= 11 is 4.46. The summed E-state index contributed by atoms with van der Waals surface area (Å²) in [6.45, 7) is -0.386. The fourth-order valence-corrected chi connectivity index (χ4v) is 10.5. The van der Waals surface area contributed by atoms with Gasteiger partial charge >= 0.3 is 35.8 Å². The van der Waals surface area contributed by atoms with Crippen molar-refractivity contribution in [2.75, 3.05) is 0 Å². The van der Waals surface area contributed by atoms with Gasteiger partial charge in [-0.1, -0.05) is 72.8 Å². The van der Waals surface area contributed by atoms with Crippen LogP contribution < -0.4 is 47.4 Å². The van der Waals surface area contributed by atoms with E-state index >= 15 is 0 Å². The highest BCUT2D eigenvalue weighted by molar-refractivity contribution is 7.80. The smallest absolute Gasteiger partial charge is 0.335 e. The molecule has 0 heterocycles. The molecule has 0 saturated heterocycles. The molecule has 0 aliphatic rings. The third-order valence-corrected chi connectivity index (χ3v) is 16.3. The van der Waals surface area contributed by atoms with Gasteiger partial charge in [-0.05, 0) is 201 Å². The van der Waals surface area contributed by atoms with Crippen LogP contribution in [0, 0.1) is 0 Å². The van der Waals surface area contributed by atoms with Crippen molar-refractivity contribution in [3.05, 3.63) is 326 Å². The van der Waals surface area contributed by atoms with E-state index in [9.17, 15) is 59.4 Å². The lowest BCUT2D eigenvalue weighted by atomic mass is 10.1. The van der Waals surface area contributed by atoms with Gasteiger partial charge < -0.3 is 78.0 Å². The molecule has 11 aromatic carbocycles. The molecule has 0 unspecified atom stereocenters. The molecule has 532 valence electrons. The zero-order valence-electron chi connectivity index (χ0n) is 55.8. The molecule has 6 N–H and O–H groups in total. The van der Waals surface area contributed by atoms with Crippen molar-refractivity contribution in [2.45, 2.75) is 71.0 Å². The highest BCUT2D eigenvalue weighted by atomic mass is 32.1. The Kier molecular flexibility index (Phi) is 24.1. The lowest BCUT2D eigenvalue weighted by Crippen LogP contribution is -2.07. The normalized spacial score (nSPS) is 10.8. The third kappa shape index (κ3) is 21.3. The number of carboxylic acid groups (broad SMARTS) is 6. The number of aromatic carboxylic acids is 6. The molecule has 105 heavy (non-hydrogen) atoms. The van der Waals surface area contributed by atoms with E-state index in [1.807, 2.05) is 0 Å². The number of thiol groups is 1. The minimum absolute atomic E-state index is 0.0239. The highest BCUT2D eigenvalue weighted by Gasteiger charge is 2.21. The maximum atomic E-state index is 11.7. The van der Waals surface area contributed by atoms with Crippen LogP contribution in [-0.4, -0.2) is 66.5 Å². The molecule has 0 bridgehead atoms.